The highest BCUT2D eigenvalue weighted by Crippen LogP contribution is 2.30. The number of carbonyl (C=O) groups excluding carboxylic acids is 2. The van der Waals surface area contributed by atoms with Crippen molar-refractivity contribution in [3.05, 3.63) is 95.1 Å². The molecule has 0 heterocycles. The maximum absolute atomic E-state index is 12.8. The first kappa shape index (κ1) is 20.1. The van der Waals surface area contributed by atoms with Crippen LogP contribution in [0.25, 0.3) is 0 Å². The van der Waals surface area contributed by atoms with Crippen molar-refractivity contribution in [2.75, 3.05) is 10.6 Å². The van der Waals surface area contributed by atoms with Crippen molar-refractivity contribution >= 4 is 23.2 Å². The van der Waals surface area contributed by atoms with Gasteiger partial charge in [-0.05, 0) is 55.0 Å². The Balaban J connectivity index is 1.78. The molecule has 2 amide bonds. The number of anilines is 2. The summed E-state index contributed by atoms with van der Waals surface area (Å²) < 4.78 is 38.5. The molecule has 0 spiro atoms. The van der Waals surface area contributed by atoms with Gasteiger partial charge in [-0.15, -0.1) is 0 Å². The van der Waals surface area contributed by atoms with Crippen LogP contribution in [0.1, 0.15) is 31.8 Å². The Labute approximate surface area is 165 Å². The minimum Gasteiger partial charge on any atom is -0.322 e. The number of amides is 2. The number of hydrogen-bond donors (Lipinski definition) is 2. The van der Waals surface area contributed by atoms with Crippen molar-refractivity contribution in [1.82, 2.24) is 0 Å². The van der Waals surface area contributed by atoms with Gasteiger partial charge in [-0.2, -0.15) is 13.2 Å². The Bertz CT molecular complexity index is 1050. The van der Waals surface area contributed by atoms with E-state index in [1.165, 1.54) is 24.3 Å². The summed E-state index contributed by atoms with van der Waals surface area (Å²) in [4.78, 5) is 24.8. The Morgan fingerprint density at radius 2 is 1.45 bits per heavy atom. The fourth-order valence-electron chi connectivity index (χ4n) is 2.66. The summed E-state index contributed by atoms with van der Waals surface area (Å²) in [6.45, 7) is 1.77. The van der Waals surface area contributed by atoms with Crippen LogP contribution in [-0.4, -0.2) is 11.8 Å². The summed E-state index contributed by atoms with van der Waals surface area (Å²) in [5.41, 5.74) is 1.03. The molecule has 0 saturated heterocycles. The van der Waals surface area contributed by atoms with Crippen LogP contribution in [0, 0.1) is 6.92 Å². The van der Waals surface area contributed by atoms with Gasteiger partial charge in [0, 0.05) is 22.5 Å². The molecule has 0 radical (unpaired) electrons. The molecule has 148 valence electrons. The maximum atomic E-state index is 12.8. The van der Waals surface area contributed by atoms with Gasteiger partial charge in [-0.25, -0.2) is 0 Å². The SMILES string of the molecule is Cc1ccc(C(=O)Nc2cccc(C(F)(F)F)c2)cc1NC(=O)c1ccccc1. The zero-order valence-electron chi connectivity index (χ0n) is 15.4. The van der Waals surface area contributed by atoms with Crippen molar-refractivity contribution in [2.24, 2.45) is 0 Å². The zero-order valence-corrected chi connectivity index (χ0v) is 15.4. The Hall–Kier alpha value is -3.61. The van der Waals surface area contributed by atoms with Crippen LogP contribution in [0.4, 0.5) is 24.5 Å². The fraction of sp³-hybridized carbons (Fsp3) is 0.0909. The van der Waals surface area contributed by atoms with Crippen molar-refractivity contribution in [2.45, 2.75) is 13.1 Å². The zero-order chi connectivity index (χ0) is 21.0. The highest BCUT2D eigenvalue weighted by Gasteiger charge is 2.30. The summed E-state index contributed by atoms with van der Waals surface area (Å²) in [5, 5.41) is 5.20. The fourth-order valence-corrected chi connectivity index (χ4v) is 2.66. The quantitative estimate of drug-likeness (QED) is 0.608. The van der Waals surface area contributed by atoms with E-state index in [4.69, 9.17) is 0 Å². The number of hydrogen-bond acceptors (Lipinski definition) is 2. The lowest BCUT2D eigenvalue weighted by molar-refractivity contribution is -0.137. The van der Waals surface area contributed by atoms with Gasteiger partial charge in [-0.3, -0.25) is 9.59 Å². The molecule has 3 aromatic carbocycles. The van der Waals surface area contributed by atoms with Gasteiger partial charge in [0.1, 0.15) is 0 Å². The standard InChI is InChI=1S/C22H17F3N2O2/c1-14-10-11-16(12-19(14)27-20(28)15-6-3-2-4-7-15)21(29)26-18-9-5-8-17(13-18)22(23,24)25/h2-13H,1H3,(H,26,29)(H,27,28). The summed E-state index contributed by atoms with van der Waals surface area (Å²) in [5.74, 6) is -0.913. The van der Waals surface area contributed by atoms with Crippen LogP contribution in [0.5, 0.6) is 0 Å². The average Bonchev–Trinajstić information content (AvgIpc) is 2.69. The normalized spacial score (nSPS) is 11.0. The van der Waals surface area contributed by atoms with Gasteiger partial charge >= 0.3 is 6.18 Å². The molecule has 3 aromatic rings. The van der Waals surface area contributed by atoms with Gasteiger partial charge in [-0.1, -0.05) is 30.3 Å². The highest BCUT2D eigenvalue weighted by molar-refractivity contribution is 6.07. The number of aryl methyl sites for hydroxylation is 1. The maximum Gasteiger partial charge on any atom is 0.416 e. The monoisotopic (exact) mass is 398 g/mol. The molecule has 0 aliphatic rings. The number of benzene rings is 3. The van der Waals surface area contributed by atoms with E-state index in [-0.39, 0.29) is 17.2 Å². The van der Waals surface area contributed by atoms with Crippen LogP contribution in [0.2, 0.25) is 0 Å². The topological polar surface area (TPSA) is 58.2 Å². The second-order valence-electron chi connectivity index (χ2n) is 6.38. The Kier molecular flexibility index (Phi) is 5.68. The van der Waals surface area contributed by atoms with E-state index in [0.717, 1.165) is 17.7 Å². The van der Waals surface area contributed by atoms with Crippen LogP contribution in [0.3, 0.4) is 0 Å². The Morgan fingerprint density at radius 3 is 2.14 bits per heavy atom. The second kappa shape index (κ2) is 8.18. The molecular formula is C22H17F3N2O2. The third-order valence-corrected chi connectivity index (χ3v) is 4.23. The second-order valence-corrected chi connectivity index (χ2v) is 6.38. The van der Waals surface area contributed by atoms with Gasteiger partial charge in [0.15, 0.2) is 0 Å². The molecule has 3 rings (SSSR count). The molecule has 0 aromatic heterocycles. The molecule has 0 unspecified atom stereocenters. The van der Waals surface area contributed by atoms with Crippen molar-refractivity contribution in [3.63, 3.8) is 0 Å². The summed E-state index contributed by atoms with van der Waals surface area (Å²) in [6.07, 6.45) is -4.50. The molecule has 4 nitrogen and oxygen atoms in total. The van der Waals surface area contributed by atoms with Gasteiger partial charge in [0.25, 0.3) is 11.8 Å². The Morgan fingerprint density at radius 1 is 0.759 bits per heavy atom. The lowest BCUT2D eigenvalue weighted by Gasteiger charge is -2.12. The molecule has 7 heteroatoms. The number of alkyl halides is 3. The molecule has 0 bridgehead atoms. The number of carbonyl (C=O) groups is 2. The predicted molar refractivity (Wildman–Crippen MR) is 105 cm³/mol. The number of halogens is 3. The molecule has 29 heavy (non-hydrogen) atoms. The third-order valence-electron chi connectivity index (χ3n) is 4.23. The van der Waals surface area contributed by atoms with E-state index in [1.807, 2.05) is 0 Å². The van der Waals surface area contributed by atoms with Crippen molar-refractivity contribution in [3.8, 4) is 0 Å². The number of nitrogens with one attached hydrogen (secondary N) is 2. The first-order valence-electron chi connectivity index (χ1n) is 8.70. The molecule has 0 saturated carbocycles. The average molecular weight is 398 g/mol. The molecule has 0 aliphatic carbocycles. The van der Waals surface area contributed by atoms with E-state index < -0.39 is 17.6 Å². The van der Waals surface area contributed by atoms with Crippen molar-refractivity contribution in [1.29, 1.82) is 0 Å². The van der Waals surface area contributed by atoms with E-state index in [0.29, 0.717) is 11.3 Å². The first-order chi connectivity index (χ1) is 13.7. The van der Waals surface area contributed by atoms with Crippen molar-refractivity contribution < 1.29 is 22.8 Å². The molecule has 0 fully saturated rings. The van der Waals surface area contributed by atoms with E-state index in [2.05, 4.69) is 10.6 Å². The van der Waals surface area contributed by atoms with E-state index in [9.17, 15) is 22.8 Å². The minimum atomic E-state index is -4.50. The molecule has 2 N–H and O–H groups in total. The number of rotatable bonds is 4. The van der Waals surface area contributed by atoms with Gasteiger partial charge < -0.3 is 10.6 Å². The highest BCUT2D eigenvalue weighted by atomic mass is 19.4. The lowest BCUT2D eigenvalue weighted by atomic mass is 10.1. The lowest BCUT2D eigenvalue weighted by Crippen LogP contribution is -2.16. The van der Waals surface area contributed by atoms with E-state index in [1.54, 1.807) is 43.3 Å². The smallest absolute Gasteiger partial charge is 0.322 e. The van der Waals surface area contributed by atoms with Crippen LogP contribution < -0.4 is 10.6 Å². The van der Waals surface area contributed by atoms with Crippen LogP contribution >= 0.6 is 0 Å². The minimum absolute atomic E-state index is 0.0280. The first-order valence-corrected chi connectivity index (χ1v) is 8.70. The summed E-state index contributed by atoms with van der Waals surface area (Å²) >= 11 is 0. The van der Waals surface area contributed by atoms with Crippen LogP contribution in [-0.2, 0) is 6.18 Å². The third kappa shape index (κ3) is 5.01. The van der Waals surface area contributed by atoms with E-state index >= 15 is 0 Å². The molecule has 0 atom stereocenters. The summed E-state index contributed by atoms with van der Waals surface area (Å²) in [6, 6.07) is 17.7. The largest absolute Gasteiger partial charge is 0.416 e. The van der Waals surface area contributed by atoms with Gasteiger partial charge in [0.05, 0.1) is 5.56 Å². The molecular weight excluding hydrogens is 381 g/mol. The van der Waals surface area contributed by atoms with Crippen LogP contribution in [0.15, 0.2) is 72.8 Å². The summed E-state index contributed by atoms with van der Waals surface area (Å²) in [7, 11) is 0. The van der Waals surface area contributed by atoms with Gasteiger partial charge in [0.2, 0.25) is 0 Å². The predicted octanol–water partition coefficient (Wildman–Crippen LogP) is 5.52. The molecule has 0 aliphatic heterocycles.